The lowest BCUT2D eigenvalue weighted by atomic mass is 9.87. The van der Waals surface area contributed by atoms with Crippen molar-refractivity contribution in [2.45, 2.75) is 19.8 Å². The van der Waals surface area contributed by atoms with Crippen LogP contribution in [0.1, 0.15) is 57.6 Å². The molecule has 0 aliphatic heterocycles. The summed E-state index contributed by atoms with van der Waals surface area (Å²) < 4.78 is 5.44. The summed E-state index contributed by atoms with van der Waals surface area (Å²) in [6.45, 7) is 3.75. The molecule has 5 nitrogen and oxygen atoms in total. The molecule has 0 amide bonds. The lowest BCUT2D eigenvalue weighted by Crippen LogP contribution is -2.19. The van der Waals surface area contributed by atoms with Crippen LogP contribution in [0.2, 0.25) is 0 Å². The molecule has 1 heterocycles. The number of phenolic OH excluding ortho intramolecular Hbond substituents is 2. The molecule has 3 rings (SSSR count). The van der Waals surface area contributed by atoms with Crippen LogP contribution in [0.3, 0.4) is 0 Å². The second kappa shape index (κ2) is 3.96. The van der Waals surface area contributed by atoms with Gasteiger partial charge in [-0.3, -0.25) is 9.59 Å². The highest BCUT2D eigenvalue weighted by molar-refractivity contribution is 6.29. The van der Waals surface area contributed by atoms with Crippen LogP contribution in [0.25, 0.3) is 0 Å². The van der Waals surface area contributed by atoms with Crippen LogP contribution >= 0.6 is 0 Å². The third-order valence-corrected chi connectivity index (χ3v) is 3.39. The molecule has 0 bridgehead atoms. The Bertz CT molecular complexity index is 693. The van der Waals surface area contributed by atoms with Crippen LogP contribution in [-0.4, -0.2) is 21.8 Å². The molecule has 0 saturated heterocycles. The van der Waals surface area contributed by atoms with Crippen LogP contribution < -0.4 is 0 Å². The third kappa shape index (κ3) is 1.49. The van der Waals surface area contributed by atoms with Gasteiger partial charge in [-0.25, -0.2) is 0 Å². The molecule has 2 N–H and O–H groups in total. The SMILES string of the molecule is CC(C)c1cc2c(o1)C(=O)c1c(O)ccc(O)c1C2=O. The monoisotopic (exact) mass is 272 g/mol. The average Bonchev–Trinajstić information content (AvgIpc) is 2.84. The molecule has 20 heavy (non-hydrogen) atoms. The van der Waals surface area contributed by atoms with Crippen molar-refractivity contribution in [1.82, 2.24) is 0 Å². The van der Waals surface area contributed by atoms with Crippen molar-refractivity contribution in [3.05, 3.63) is 46.4 Å². The van der Waals surface area contributed by atoms with Crippen molar-refractivity contribution in [3.63, 3.8) is 0 Å². The van der Waals surface area contributed by atoms with Crippen LogP contribution in [0.5, 0.6) is 11.5 Å². The van der Waals surface area contributed by atoms with E-state index in [9.17, 15) is 19.8 Å². The van der Waals surface area contributed by atoms with Gasteiger partial charge in [0.05, 0.1) is 16.7 Å². The zero-order valence-electron chi connectivity index (χ0n) is 10.9. The zero-order valence-corrected chi connectivity index (χ0v) is 10.9. The highest BCUT2D eigenvalue weighted by atomic mass is 16.4. The predicted octanol–water partition coefficient (Wildman–Crippen LogP) is 2.59. The van der Waals surface area contributed by atoms with Gasteiger partial charge in [-0.05, 0) is 18.2 Å². The summed E-state index contributed by atoms with van der Waals surface area (Å²) in [6.07, 6.45) is 0. The number of hydrogen-bond donors (Lipinski definition) is 2. The molecule has 1 aliphatic carbocycles. The molecule has 5 heteroatoms. The fraction of sp³-hybridized carbons (Fsp3) is 0.200. The van der Waals surface area contributed by atoms with Gasteiger partial charge < -0.3 is 14.6 Å². The Morgan fingerprint density at radius 1 is 1.00 bits per heavy atom. The second-order valence-corrected chi connectivity index (χ2v) is 5.06. The molecular formula is C15H12O5. The summed E-state index contributed by atoms with van der Waals surface area (Å²) >= 11 is 0. The molecule has 0 spiro atoms. The van der Waals surface area contributed by atoms with Gasteiger partial charge in [-0.2, -0.15) is 0 Å². The smallest absolute Gasteiger partial charge is 0.233 e. The summed E-state index contributed by atoms with van der Waals surface area (Å²) in [5.74, 6) is -1.31. The first kappa shape index (κ1) is 12.5. The molecule has 2 aromatic rings. The number of hydrogen-bond acceptors (Lipinski definition) is 5. The van der Waals surface area contributed by atoms with Crippen molar-refractivity contribution in [2.75, 3.05) is 0 Å². The predicted molar refractivity (Wildman–Crippen MR) is 69.4 cm³/mol. The Kier molecular flexibility index (Phi) is 2.47. The Labute approximate surface area is 114 Å². The summed E-state index contributed by atoms with van der Waals surface area (Å²) in [4.78, 5) is 24.7. The molecule has 1 aromatic carbocycles. The number of aromatic hydroxyl groups is 2. The maximum atomic E-state index is 12.4. The van der Waals surface area contributed by atoms with Crippen LogP contribution in [0.4, 0.5) is 0 Å². The number of phenols is 2. The summed E-state index contributed by atoms with van der Waals surface area (Å²) in [5.41, 5.74) is -0.238. The average molecular weight is 272 g/mol. The van der Waals surface area contributed by atoms with E-state index < -0.39 is 11.6 Å². The lowest BCUT2D eigenvalue weighted by Gasteiger charge is -2.15. The van der Waals surface area contributed by atoms with Gasteiger partial charge in [0.25, 0.3) is 0 Å². The van der Waals surface area contributed by atoms with E-state index in [1.165, 1.54) is 18.2 Å². The van der Waals surface area contributed by atoms with E-state index in [2.05, 4.69) is 0 Å². The number of rotatable bonds is 1. The molecule has 0 radical (unpaired) electrons. The largest absolute Gasteiger partial charge is 0.507 e. The first-order chi connectivity index (χ1) is 9.41. The number of benzene rings is 1. The molecule has 1 aliphatic rings. The number of fused-ring (bicyclic) bond motifs is 2. The Morgan fingerprint density at radius 2 is 1.55 bits per heavy atom. The Balaban J connectivity index is 2.31. The quantitative estimate of drug-likeness (QED) is 0.665. The van der Waals surface area contributed by atoms with Crippen molar-refractivity contribution in [1.29, 1.82) is 0 Å². The molecular weight excluding hydrogens is 260 g/mol. The summed E-state index contributed by atoms with van der Waals surface area (Å²) in [6, 6.07) is 3.89. The van der Waals surface area contributed by atoms with Gasteiger partial charge in [-0.1, -0.05) is 13.8 Å². The maximum Gasteiger partial charge on any atom is 0.233 e. The molecule has 0 saturated carbocycles. The molecule has 1 aromatic heterocycles. The maximum absolute atomic E-state index is 12.4. The number of ketones is 2. The van der Waals surface area contributed by atoms with Gasteiger partial charge in [0, 0.05) is 5.92 Å². The van der Waals surface area contributed by atoms with Crippen LogP contribution in [0.15, 0.2) is 22.6 Å². The Hall–Kier alpha value is -2.56. The summed E-state index contributed by atoms with van der Waals surface area (Å²) in [7, 11) is 0. The second-order valence-electron chi connectivity index (χ2n) is 5.06. The van der Waals surface area contributed by atoms with Gasteiger partial charge in [0.1, 0.15) is 17.3 Å². The van der Waals surface area contributed by atoms with Crippen molar-refractivity contribution in [3.8, 4) is 11.5 Å². The minimum absolute atomic E-state index is 0.0199. The number of carbonyl (C=O) groups is 2. The number of furan rings is 1. The fourth-order valence-electron chi connectivity index (χ4n) is 2.32. The minimum Gasteiger partial charge on any atom is -0.507 e. The lowest BCUT2D eigenvalue weighted by molar-refractivity contribution is 0.0954. The molecule has 0 fully saturated rings. The van der Waals surface area contributed by atoms with Crippen LogP contribution in [-0.2, 0) is 0 Å². The topological polar surface area (TPSA) is 87.7 Å². The highest BCUT2D eigenvalue weighted by Crippen LogP contribution is 2.39. The molecule has 0 unspecified atom stereocenters. The van der Waals surface area contributed by atoms with E-state index in [0.717, 1.165) is 0 Å². The van der Waals surface area contributed by atoms with Gasteiger partial charge in [0.15, 0.2) is 5.76 Å². The normalized spacial score (nSPS) is 13.6. The zero-order chi connectivity index (χ0) is 14.6. The van der Waals surface area contributed by atoms with E-state index in [1.807, 2.05) is 13.8 Å². The number of carbonyl (C=O) groups excluding carboxylic acids is 2. The summed E-state index contributed by atoms with van der Waals surface area (Å²) in [5, 5.41) is 19.6. The van der Waals surface area contributed by atoms with E-state index in [0.29, 0.717) is 5.76 Å². The van der Waals surface area contributed by atoms with E-state index in [4.69, 9.17) is 4.42 Å². The third-order valence-electron chi connectivity index (χ3n) is 3.39. The van der Waals surface area contributed by atoms with Crippen LogP contribution in [0, 0.1) is 0 Å². The Morgan fingerprint density at radius 3 is 2.10 bits per heavy atom. The van der Waals surface area contributed by atoms with E-state index >= 15 is 0 Å². The first-order valence-corrected chi connectivity index (χ1v) is 6.20. The standard InChI is InChI=1S/C15H12O5/c1-6(2)10-5-7-13(18)11-8(16)3-4-9(17)12(11)14(19)15(7)20-10/h3-6,16-17H,1-2H3. The fourth-order valence-corrected chi connectivity index (χ4v) is 2.32. The van der Waals surface area contributed by atoms with Gasteiger partial charge in [0.2, 0.25) is 11.6 Å². The molecule has 0 atom stereocenters. The van der Waals surface area contributed by atoms with Crippen molar-refractivity contribution >= 4 is 11.6 Å². The van der Waals surface area contributed by atoms with Crippen molar-refractivity contribution < 1.29 is 24.2 Å². The van der Waals surface area contributed by atoms with Gasteiger partial charge in [-0.15, -0.1) is 0 Å². The molecule has 102 valence electrons. The van der Waals surface area contributed by atoms with E-state index in [1.54, 1.807) is 0 Å². The first-order valence-electron chi connectivity index (χ1n) is 6.20. The van der Waals surface area contributed by atoms with Crippen molar-refractivity contribution in [2.24, 2.45) is 0 Å². The minimum atomic E-state index is -0.588. The van der Waals surface area contributed by atoms with Gasteiger partial charge >= 0.3 is 0 Å². The van der Waals surface area contributed by atoms with E-state index in [-0.39, 0.29) is 39.9 Å². The highest BCUT2D eigenvalue weighted by Gasteiger charge is 2.37.